The number of epoxide rings is 1. The molecule has 8 atom stereocenters. The molecule has 4 fully saturated rings. The highest BCUT2D eigenvalue weighted by atomic mass is 16.6. The minimum absolute atomic E-state index is 0.0315. The molecule has 29 heavy (non-hydrogen) atoms. The lowest BCUT2D eigenvalue weighted by Crippen LogP contribution is -2.46. The molecule has 5 rings (SSSR count). The Balaban J connectivity index is 1.34. The van der Waals surface area contributed by atoms with E-state index >= 15 is 0 Å². The Labute approximate surface area is 178 Å². The molecule has 0 bridgehead atoms. The lowest BCUT2D eigenvalue weighted by atomic mass is 9.50. The largest absolute Gasteiger partial charge is 0.375 e. The fourth-order valence-electron chi connectivity index (χ4n) is 7.92. The molecular weight excluding hydrogens is 356 g/mol. The fraction of sp³-hybridized carbons (Fsp3) is 0.852. The maximum atomic E-state index is 6.40. The van der Waals surface area contributed by atoms with E-state index in [0.717, 1.165) is 24.4 Å². The van der Waals surface area contributed by atoms with Crippen LogP contribution >= 0.6 is 0 Å². The molecule has 0 amide bonds. The van der Waals surface area contributed by atoms with E-state index in [-0.39, 0.29) is 5.60 Å². The van der Waals surface area contributed by atoms with Crippen LogP contribution in [-0.4, -0.2) is 24.4 Å². The molecule has 3 saturated carbocycles. The van der Waals surface area contributed by atoms with Crippen molar-refractivity contribution in [1.29, 1.82) is 0 Å². The number of fused-ring (bicyclic) bond motifs is 5. The average Bonchev–Trinajstić information content (AvgIpc) is 3.11. The molecule has 0 aromatic rings. The van der Waals surface area contributed by atoms with E-state index in [0.29, 0.717) is 29.0 Å². The van der Waals surface area contributed by atoms with Gasteiger partial charge in [-0.1, -0.05) is 44.1 Å². The summed E-state index contributed by atoms with van der Waals surface area (Å²) in [6.45, 7) is 15.1. The van der Waals surface area contributed by atoms with Crippen molar-refractivity contribution >= 4 is 0 Å². The average molecular weight is 399 g/mol. The lowest BCUT2D eigenvalue weighted by Gasteiger charge is -2.55. The van der Waals surface area contributed by atoms with Crippen molar-refractivity contribution in [2.75, 3.05) is 6.61 Å². The predicted octanol–water partition coefficient (Wildman–Crippen LogP) is 6.70. The topological polar surface area (TPSA) is 21.8 Å². The van der Waals surface area contributed by atoms with Crippen LogP contribution in [0.25, 0.3) is 0 Å². The molecule has 0 aromatic carbocycles. The normalized spacial score (nSPS) is 48.7. The van der Waals surface area contributed by atoms with Gasteiger partial charge in [-0.15, -0.1) is 0 Å². The number of rotatable bonds is 4. The van der Waals surface area contributed by atoms with Gasteiger partial charge in [-0.2, -0.15) is 0 Å². The van der Waals surface area contributed by atoms with Crippen LogP contribution in [0.4, 0.5) is 0 Å². The van der Waals surface area contributed by atoms with Crippen LogP contribution in [0.1, 0.15) is 86.5 Å². The smallest absolute Gasteiger partial charge is 0.110 e. The minimum atomic E-state index is 0.0315. The molecular formula is C27H42O2. The second-order valence-corrected chi connectivity index (χ2v) is 12.2. The minimum Gasteiger partial charge on any atom is -0.375 e. The number of hydrogen-bond donors (Lipinski definition) is 0. The van der Waals surface area contributed by atoms with Crippen molar-refractivity contribution in [2.45, 2.75) is 104 Å². The molecule has 3 unspecified atom stereocenters. The number of ether oxygens (including phenoxy) is 2. The third kappa shape index (κ3) is 3.11. The summed E-state index contributed by atoms with van der Waals surface area (Å²) in [5.41, 5.74) is 4.44. The van der Waals surface area contributed by atoms with Crippen molar-refractivity contribution in [3.8, 4) is 0 Å². The molecule has 2 nitrogen and oxygen atoms in total. The first-order valence-electron chi connectivity index (χ1n) is 12.4. The Kier molecular flexibility index (Phi) is 4.69. The van der Waals surface area contributed by atoms with Crippen molar-refractivity contribution in [2.24, 2.45) is 34.5 Å². The van der Waals surface area contributed by atoms with Gasteiger partial charge in [-0.25, -0.2) is 0 Å². The van der Waals surface area contributed by atoms with E-state index in [2.05, 4.69) is 53.7 Å². The molecule has 2 heteroatoms. The first kappa shape index (κ1) is 20.3. The van der Waals surface area contributed by atoms with Crippen LogP contribution in [0.2, 0.25) is 0 Å². The van der Waals surface area contributed by atoms with Gasteiger partial charge < -0.3 is 9.47 Å². The summed E-state index contributed by atoms with van der Waals surface area (Å²) >= 11 is 0. The lowest BCUT2D eigenvalue weighted by molar-refractivity contribution is -0.0378. The molecule has 0 radical (unpaired) electrons. The summed E-state index contributed by atoms with van der Waals surface area (Å²) in [7, 11) is 0. The molecule has 0 N–H and O–H groups in total. The van der Waals surface area contributed by atoms with Crippen molar-refractivity contribution in [3.05, 3.63) is 23.3 Å². The summed E-state index contributed by atoms with van der Waals surface area (Å²) < 4.78 is 12.1. The molecule has 1 heterocycles. The van der Waals surface area contributed by atoms with Crippen molar-refractivity contribution < 1.29 is 9.47 Å². The molecule has 0 aromatic heterocycles. The second-order valence-electron chi connectivity index (χ2n) is 12.2. The zero-order valence-corrected chi connectivity index (χ0v) is 19.6. The van der Waals surface area contributed by atoms with Crippen LogP contribution in [0.15, 0.2) is 23.3 Å². The monoisotopic (exact) mass is 398 g/mol. The van der Waals surface area contributed by atoms with Gasteiger partial charge in [0.2, 0.25) is 0 Å². The summed E-state index contributed by atoms with van der Waals surface area (Å²) in [4.78, 5) is 0. The standard InChI is InChI=1S/C27H42O2/c1-17-11-13-26(5)19(15-17)7-8-20-22-10-9-21(27(22,6)14-12-23(20)26)18(2)28-16-24-25(3,4)29-24/h7-8,17-18,21-24H,9-16H2,1-6H3/t17-,18-,21+,22?,23?,24?,26-,27+/m0/s1. The zero-order chi connectivity index (χ0) is 20.6. The van der Waals surface area contributed by atoms with E-state index in [1.54, 1.807) is 11.1 Å². The highest BCUT2D eigenvalue weighted by Gasteiger charge is 2.57. The summed E-state index contributed by atoms with van der Waals surface area (Å²) in [5.74, 6) is 3.11. The Morgan fingerprint density at radius 3 is 2.52 bits per heavy atom. The predicted molar refractivity (Wildman–Crippen MR) is 119 cm³/mol. The van der Waals surface area contributed by atoms with E-state index in [1.807, 2.05) is 0 Å². The second kappa shape index (κ2) is 6.70. The fourth-order valence-corrected chi connectivity index (χ4v) is 7.92. The molecule has 5 aliphatic rings. The van der Waals surface area contributed by atoms with Gasteiger partial charge in [-0.3, -0.25) is 0 Å². The summed E-state index contributed by atoms with van der Waals surface area (Å²) in [6, 6.07) is 0. The van der Waals surface area contributed by atoms with Gasteiger partial charge in [0, 0.05) is 0 Å². The van der Waals surface area contributed by atoms with Gasteiger partial charge in [0.1, 0.15) is 6.10 Å². The Bertz CT molecular complexity index is 733. The van der Waals surface area contributed by atoms with E-state index in [4.69, 9.17) is 9.47 Å². The summed E-state index contributed by atoms with van der Waals surface area (Å²) in [6.07, 6.45) is 15.3. The van der Waals surface area contributed by atoms with E-state index in [1.165, 1.54) is 44.9 Å². The van der Waals surface area contributed by atoms with Gasteiger partial charge >= 0.3 is 0 Å². The SMILES string of the molecule is C[C@H]1CC[C@@]2(C)C(=CC=C3C2CC[C@@]2(C)C3CC[C@@H]2[C@H](C)OCC2OC2(C)C)C1. The van der Waals surface area contributed by atoms with Gasteiger partial charge in [-0.05, 0) is 100 Å². The van der Waals surface area contributed by atoms with Crippen molar-refractivity contribution in [3.63, 3.8) is 0 Å². The Hall–Kier alpha value is -0.600. The number of hydrogen-bond acceptors (Lipinski definition) is 2. The van der Waals surface area contributed by atoms with Gasteiger partial charge in [0.15, 0.2) is 0 Å². The number of allylic oxidation sites excluding steroid dienone is 4. The first-order chi connectivity index (χ1) is 13.6. The van der Waals surface area contributed by atoms with E-state index < -0.39 is 0 Å². The third-order valence-electron chi connectivity index (χ3n) is 10.1. The molecule has 1 aliphatic heterocycles. The van der Waals surface area contributed by atoms with Crippen LogP contribution < -0.4 is 0 Å². The van der Waals surface area contributed by atoms with Gasteiger partial charge in [0.25, 0.3) is 0 Å². The Morgan fingerprint density at radius 1 is 1.03 bits per heavy atom. The molecule has 1 saturated heterocycles. The first-order valence-corrected chi connectivity index (χ1v) is 12.4. The molecule has 4 aliphatic carbocycles. The quantitative estimate of drug-likeness (QED) is 0.491. The maximum absolute atomic E-state index is 6.40. The molecule has 0 spiro atoms. The van der Waals surface area contributed by atoms with Crippen LogP contribution in [0.3, 0.4) is 0 Å². The third-order valence-corrected chi connectivity index (χ3v) is 10.1. The van der Waals surface area contributed by atoms with Crippen LogP contribution in [-0.2, 0) is 9.47 Å². The highest BCUT2D eigenvalue weighted by Crippen LogP contribution is 2.65. The van der Waals surface area contributed by atoms with Crippen LogP contribution in [0.5, 0.6) is 0 Å². The van der Waals surface area contributed by atoms with E-state index in [9.17, 15) is 0 Å². The maximum Gasteiger partial charge on any atom is 0.110 e. The summed E-state index contributed by atoms with van der Waals surface area (Å²) in [5, 5.41) is 0. The Morgan fingerprint density at radius 2 is 1.79 bits per heavy atom. The molecule has 162 valence electrons. The van der Waals surface area contributed by atoms with Crippen molar-refractivity contribution in [1.82, 2.24) is 0 Å². The zero-order valence-electron chi connectivity index (χ0n) is 19.6. The van der Waals surface area contributed by atoms with Gasteiger partial charge in [0.05, 0.1) is 18.3 Å². The van der Waals surface area contributed by atoms with Crippen LogP contribution in [0, 0.1) is 34.5 Å². The highest BCUT2D eigenvalue weighted by molar-refractivity contribution is 5.38.